The number of benzene rings is 1. The molecule has 0 aromatic heterocycles. The van der Waals surface area contributed by atoms with Crippen molar-refractivity contribution in [3.63, 3.8) is 0 Å². The highest BCUT2D eigenvalue weighted by molar-refractivity contribution is 5.48. The lowest BCUT2D eigenvalue weighted by Gasteiger charge is -2.25. The summed E-state index contributed by atoms with van der Waals surface area (Å²) in [5, 5.41) is 9.65. The first-order valence-corrected chi connectivity index (χ1v) is 5.29. The fourth-order valence-electron chi connectivity index (χ4n) is 1.91. The second kappa shape index (κ2) is 4.91. The van der Waals surface area contributed by atoms with Crippen molar-refractivity contribution in [3.05, 3.63) is 23.8 Å². The molecule has 16 heavy (non-hydrogen) atoms. The van der Waals surface area contributed by atoms with E-state index >= 15 is 0 Å². The Morgan fingerprint density at radius 3 is 3.25 bits per heavy atom. The summed E-state index contributed by atoms with van der Waals surface area (Å²) in [7, 11) is 0. The van der Waals surface area contributed by atoms with Crippen molar-refractivity contribution in [2.45, 2.75) is 12.3 Å². The molecule has 0 aliphatic carbocycles. The van der Waals surface area contributed by atoms with Gasteiger partial charge in [0.05, 0.1) is 13.2 Å². The number of aromatic hydroxyl groups is 1. The number of hydrogen-bond donors (Lipinski definition) is 1. The van der Waals surface area contributed by atoms with Crippen LogP contribution in [-0.2, 0) is 4.74 Å². The van der Waals surface area contributed by atoms with Gasteiger partial charge in [-0.3, -0.25) is 0 Å². The van der Waals surface area contributed by atoms with Crippen LogP contribution < -0.4 is 4.74 Å². The molecule has 1 aromatic rings. The largest absolute Gasteiger partial charge is 0.504 e. The van der Waals surface area contributed by atoms with Gasteiger partial charge in [-0.2, -0.15) is 0 Å². The minimum absolute atomic E-state index is 0.194. The van der Waals surface area contributed by atoms with Crippen LogP contribution in [0.2, 0.25) is 0 Å². The van der Waals surface area contributed by atoms with E-state index in [2.05, 4.69) is 5.92 Å². The summed E-state index contributed by atoms with van der Waals surface area (Å²) >= 11 is 0. The monoisotopic (exact) mass is 218 g/mol. The van der Waals surface area contributed by atoms with E-state index in [0.29, 0.717) is 25.6 Å². The van der Waals surface area contributed by atoms with E-state index in [1.54, 1.807) is 6.07 Å². The molecule has 1 aliphatic heterocycles. The summed E-state index contributed by atoms with van der Waals surface area (Å²) in [5.41, 5.74) is 1.00. The van der Waals surface area contributed by atoms with Gasteiger partial charge in [-0.05, 0) is 12.5 Å². The third-order valence-corrected chi connectivity index (χ3v) is 2.68. The van der Waals surface area contributed by atoms with Crippen molar-refractivity contribution < 1.29 is 14.6 Å². The Kier molecular flexibility index (Phi) is 3.33. The molecule has 0 fully saturated rings. The predicted molar refractivity (Wildman–Crippen MR) is 60.6 cm³/mol. The zero-order valence-corrected chi connectivity index (χ0v) is 8.98. The van der Waals surface area contributed by atoms with Crippen LogP contribution in [0.4, 0.5) is 0 Å². The summed E-state index contributed by atoms with van der Waals surface area (Å²) in [5.74, 6) is 3.47. The highest BCUT2D eigenvalue weighted by Gasteiger charge is 2.23. The highest BCUT2D eigenvalue weighted by atomic mass is 16.5. The molecule has 0 saturated heterocycles. The lowest BCUT2D eigenvalue weighted by atomic mass is 9.93. The minimum atomic E-state index is 0.194. The maximum Gasteiger partial charge on any atom is 0.164 e. The lowest BCUT2D eigenvalue weighted by Crippen LogP contribution is -2.18. The summed E-state index contributed by atoms with van der Waals surface area (Å²) in [6.07, 6.45) is 6.01. The lowest BCUT2D eigenvalue weighted by molar-refractivity contribution is 0.130. The maximum atomic E-state index is 9.65. The van der Waals surface area contributed by atoms with Gasteiger partial charge in [0, 0.05) is 11.5 Å². The molecule has 3 heteroatoms. The Balaban J connectivity index is 2.14. The molecule has 1 atom stereocenters. The first-order chi connectivity index (χ1) is 7.83. The van der Waals surface area contributed by atoms with E-state index < -0.39 is 0 Å². The van der Waals surface area contributed by atoms with Gasteiger partial charge in [-0.25, -0.2) is 0 Å². The SMILES string of the molecule is C#CCOCC1CCOc2c(O)cccc21. The van der Waals surface area contributed by atoms with Crippen molar-refractivity contribution >= 4 is 0 Å². The molecule has 1 aromatic carbocycles. The number of rotatable bonds is 3. The number of phenolic OH excluding ortho intramolecular Hbond substituents is 1. The normalized spacial score (nSPS) is 18.3. The maximum absolute atomic E-state index is 9.65. The van der Waals surface area contributed by atoms with Crippen LogP contribution in [0.25, 0.3) is 0 Å². The zero-order chi connectivity index (χ0) is 11.4. The van der Waals surface area contributed by atoms with Gasteiger partial charge in [-0.15, -0.1) is 6.42 Å². The van der Waals surface area contributed by atoms with E-state index in [1.807, 2.05) is 12.1 Å². The third-order valence-electron chi connectivity index (χ3n) is 2.68. The molecule has 0 radical (unpaired) electrons. The predicted octanol–water partition coefficient (Wildman–Crippen LogP) is 1.91. The van der Waals surface area contributed by atoms with Crippen LogP contribution in [0.15, 0.2) is 18.2 Å². The van der Waals surface area contributed by atoms with E-state index in [9.17, 15) is 5.11 Å². The zero-order valence-electron chi connectivity index (χ0n) is 8.98. The first-order valence-electron chi connectivity index (χ1n) is 5.29. The summed E-state index contributed by atoms with van der Waals surface area (Å²) in [6.45, 7) is 1.50. The van der Waals surface area contributed by atoms with Gasteiger partial charge in [0.2, 0.25) is 0 Å². The third kappa shape index (κ3) is 2.12. The number of terminal acetylenes is 1. The van der Waals surface area contributed by atoms with Crippen LogP contribution >= 0.6 is 0 Å². The number of hydrogen-bond acceptors (Lipinski definition) is 3. The molecule has 3 nitrogen and oxygen atoms in total. The Labute approximate surface area is 95.0 Å². The molecule has 0 spiro atoms. The number of para-hydroxylation sites is 1. The quantitative estimate of drug-likeness (QED) is 0.622. The topological polar surface area (TPSA) is 38.7 Å². The minimum Gasteiger partial charge on any atom is -0.504 e. The first kappa shape index (κ1) is 10.8. The van der Waals surface area contributed by atoms with Crippen LogP contribution in [0, 0.1) is 12.3 Å². The van der Waals surface area contributed by atoms with Crippen LogP contribution in [0.5, 0.6) is 11.5 Å². The van der Waals surface area contributed by atoms with Gasteiger partial charge in [-0.1, -0.05) is 18.1 Å². The second-order valence-electron chi connectivity index (χ2n) is 3.75. The van der Waals surface area contributed by atoms with E-state index in [1.165, 1.54) is 0 Å². The second-order valence-corrected chi connectivity index (χ2v) is 3.75. The molecule has 1 unspecified atom stereocenters. The molecular formula is C13H14O3. The molecule has 2 rings (SSSR count). The highest BCUT2D eigenvalue weighted by Crippen LogP contribution is 2.39. The van der Waals surface area contributed by atoms with E-state index in [-0.39, 0.29) is 11.7 Å². The van der Waals surface area contributed by atoms with E-state index in [4.69, 9.17) is 15.9 Å². The molecule has 1 heterocycles. The number of ether oxygens (including phenoxy) is 2. The molecule has 84 valence electrons. The molecule has 1 aliphatic rings. The van der Waals surface area contributed by atoms with Gasteiger partial charge in [0.15, 0.2) is 11.5 Å². The Bertz CT molecular complexity index is 406. The fraction of sp³-hybridized carbons (Fsp3) is 0.385. The van der Waals surface area contributed by atoms with Crippen molar-refractivity contribution in [2.24, 2.45) is 0 Å². The molecule has 0 amide bonds. The van der Waals surface area contributed by atoms with Crippen molar-refractivity contribution in [1.29, 1.82) is 0 Å². The summed E-state index contributed by atoms with van der Waals surface area (Å²) in [4.78, 5) is 0. The van der Waals surface area contributed by atoms with Gasteiger partial charge < -0.3 is 14.6 Å². The van der Waals surface area contributed by atoms with Crippen molar-refractivity contribution in [2.75, 3.05) is 19.8 Å². The van der Waals surface area contributed by atoms with Crippen molar-refractivity contribution in [3.8, 4) is 23.8 Å². The van der Waals surface area contributed by atoms with Crippen LogP contribution in [-0.4, -0.2) is 24.9 Å². The smallest absolute Gasteiger partial charge is 0.164 e. The average Bonchev–Trinajstić information content (AvgIpc) is 2.31. The van der Waals surface area contributed by atoms with Crippen LogP contribution in [0.3, 0.4) is 0 Å². The van der Waals surface area contributed by atoms with Gasteiger partial charge in [0.25, 0.3) is 0 Å². The molecule has 0 bridgehead atoms. The van der Waals surface area contributed by atoms with E-state index in [0.717, 1.165) is 12.0 Å². The van der Waals surface area contributed by atoms with Crippen molar-refractivity contribution in [1.82, 2.24) is 0 Å². The molecule has 0 saturated carbocycles. The summed E-state index contributed by atoms with van der Waals surface area (Å²) in [6, 6.07) is 5.40. The van der Waals surface area contributed by atoms with Gasteiger partial charge >= 0.3 is 0 Å². The fourth-order valence-corrected chi connectivity index (χ4v) is 1.91. The standard InChI is InChI=1S/C13H14O3/c1-2-7-15-9-10-6-8-16-13-11(10)4-3-5-12(13)14/h1,3-5,10,14H,6-9H2. The Hall–Kier alpha value is -1.66. The molecular weight excluding hydrogens is 204 g/mol. The Morgan fingerprint density at radius 2 is 2.44 bits per heavy atom. The van der Waals surface area contributed by atoms with Crippen LogP contribution in [0.1, 0.15) is 17.9 Å². The number of fused-ring (bicyclic) bond motifs is 1. The number of phenols is 1. The molecule has 1 N–H and O–H groups in total. The summed E-state index contributed by atoms with van der Waals surface area (Å²) < 4.78 is 10.8. The van der Waals surface area contributed by atoms with Gasteiger partial charge in [0.1, 0.15) is 6.61 Å². The average molecular weight is 218 g/mol. The Morgan fingerprint density at radius 1 is 1.56 bits per heavy atom.